The van der Waals surface area contributed by atoms with Gasteiger partial charge in [-0.1, -0.05) is 24.3 Å². The summed E-state index contributed by atoms with van der Waals surface area (Å²) in [5, 5.41) is 5.93. The van der Waals surface area contributed by atoms with E-state index in [4.69, 9.17) is 0 Å². The first-order valence-electron chi connectivity index (χ1n) is 7.74. The number of nitrogens with one attached hydrogen (secondary N) is 2. The van der Waals surface area contributed by atoms with Gasteiger partial charge in [-0.05, 0) is 29.8 Å². The van der Waals surface area contributed by atoms with Gasteiger partial charge in [0.1, 0.15) is 6.17 Å². The molecule has 2 aromatic carbocycles. The Bertz CT molecular complexity index is 1070. The molecule has 0 bridgehead atoms. The van der Waals surface area contributed by atoms with Crippen molar-refractivity contribution in [2.75, 3.05) is 5.32 Å². The van der Waals surface area contributed by atoms with Gasteiger partial charge in [0.2, 0.25) is 11.7 Å². The van der Waals surface area contributed by atoms with Gasteiger partial charge in [-0.3, -0.25) is 19.0 Å². The SMILES string of the molecule is CC(=O)Nc1ccc(C2NC(=O)c3nc4ccccc4c(=O)n32)cc1. The summed E-state index contributed by atoms with van der Waals surface area (Å²) >= 11 is 0. The third-order valence-electron chi connectivity index (χ3n) is 4.08. The second-order valence-electron chi connectivity index (χ2n) is 5.81. The average molecular weight is 334 g/mol. The molecule has 1 atom stereocenters. The molecule has 0 radical (unpaired) electrons. The van der Waals surface area contributed by atoms with Crippen LogP contribution in [0.15, 0.2) is 53.3 Å². The Labute approximate surface area is 142 Å². The highest BCUT2D eigenvalue weighted by Gasteiger charge is 2.32. The molecular formula is C18H14N4O3. The second kappa shape index (κ2) is 5.55. The van der Waals surface area contributed by atoms with Crippen molar-refractivity contribution in [1.29, 1.82) is 0 Å². The largest absolute Gasteiger partial charge is 0.326 e. The topological polar surface area (TPSA) is 93.1 Å². The summed E-state index contributed by atoms with van der Waals surface area (Å²) in [4.78, 5) is 40.5. The van der Waals surface area contributed by atoms with Gasteiger partial charge in [-0.15, -0.1) is 0 Å². The van der Waals surface area contributed by atoms with E-state index < -0.39 is 12.1 Å². The van der Waals surface area contributed by atoms with Gasteiger partial charge in [-0.25, -0.2) is 4.98 Å². The summed E-state index contributed by atoms with van der Waals surface area (Å²) in [7, 11) is 0. The van der Waals surface area contributed by atoms with E-state index in [0.29, 0.717) is 16.6 Å². The Morgan fingerprint density at radius 1 is 1.12 bits per heavy atom. The molecule has 2 heterocycles. The molecule has 0 fully saturated rings. The van der Waals surface area contributed by atoms with Crippen molar-refractivity contribution in [3.8, 4) is 0 Å². The van der Waals surface area contributed by atoms with Crippen molar-refractivity contribution in [3.63, 3.8) is 0 Å². The van der Waals surface area contributed by atoms with E-state index in [0.717, 1.165) is 5.56 Å². The molecule has 3 aromatic rings. The summed E-state index contributed by atoms with van der Waals surface area (Å²) in [5.41, 5.74) is 1.59. The molecule has 0 saturated carbocycles. The van der Waals surface area contributed by atoms with E-state index in [-0.39, 0.29) is 17.3 Å². The normalized spacial score (nSPS) is 15.7. The highest BCUT2D eigenvalue weighted by atomic mass is 16.2. The molecule has 2 amide bonds. The summed E-state index contributed by atoms with van der Waals surface area (Å²) in [5.74, 6) is -0.461. The first-order chi connectivity index (χ1) is 12.0. The van der Waals surface area contributed by atoms with E-state index in [1.54, 1.807) is 48.5 Å². The standard InChI is InChI=1S/C18H14N4O3/c1-10(23)19-12-8-6-11(7-9-12)15-21-17(24)16-20-14-5-3-2-4-13(14)18(25)22(15)16/h2-9,15H,1H3,(H,19,23)(H,21,24). The number of hydrogen-bond acceptors (Lipinski definition) is 4. The van der Waals surface area contributed by atoms with Gasteiger partial charge >= 0.3 is 0 Å². The number of fused-ring (bicyclic) bond motifs is 2. The zero-order chi connectivity index (χ0) is 17.6. The highest BCUT2D eigenvalue weighted by Crippen LogP contribution is 2.24. The Balaban J connectivity index is 1.82. The predicted molar refractivity (Wildman–Crippen MR) is 92.4 cm³/mol. The fourth-order valence-electron chi connectivity index (χ4n) is 2.98. The molecule has 1 aromatic heterocycles. The molecule has 7 nitrogen and oxygen atoms in total. The number of anilines is 1. The molecule has 0 saturated heterocycles. The van der Waals surface area contributed by atoms with Crippen LogP contribution in [0.25, 0.3) is 10.9 Å². The van der Waals surface area contributed by atoms with Crippen LogP contribution >= 0.6 is 0 Å². The maximum absolute atomic E-state index is 12.8. The summed E-state index contributed by atoms with van der Waals surface area (Å²) in [6.45, 7) is 1.43. The van der Waals surface area contributed by atoms with Gasteiger partial charge < -0.3 is 10.6 Å². The van der Waals surface area contributed by atoms with Gasteiger partial charge in [0.15, 0.2) is 0 Å². The highest BCUT2D eigenvalue weighted by molar-refractivity contribution is 5.95. The molecule has 0 aliphatic carbocycles. The molecule has 1 unspecified atom stereocenters. The van der Waals surface area contributed by atoms with Crippen LogP contribution < -0.4 is 16.2 Å². The zero-order valence-electron chi connectivity index (χ0n) is 13.3. The lowest BCUT2D eigenvalue weighted by atomic mass is 10.1. The first-order valence-corrected chi connectivity index (χ1v) is 7.74. The van der Waals surface area contributed by atoms with Crippen LogP contribution in [0.2, 0.25) is 0 Å². The monoisotopic (exact) mass is 334 g/mol. The maximum Gasteiger partial charge on any atom is 0.289 e. The third kappa shape index (κ3) is 2.46. The Hall–Kier alpha value is -3.48. The van der Waals surface area contributed by atoms with Crippen molar-refractivity contribution < 1.29 is 9.59 Å². The van der Waals surface area contributed by atoms with E-state index in [1.807, 2.05) is 0 Å². The van der Waals surface area contributed by atoms with Gasteiger partial charge in [0.25, 0.3) is 11.5 Å². The van der Waals surface area contributed by atoms with Crippen LogP contribution in [0, 0.1) is 0 Å². The van der Waals surface area contributed by atoms with Crippen LogP contribution in [0.3, 0.4) is 0 Å². The minimum absolute atomic E-state index is 0.0969. The second-order valence-corrected chi connectivity index (χ2v) is 5.81. The van der Waals surface area contributed by atoms with Crippen LogP contribution in [0.1, 0.15) is 29.3 Å². The van der Waals surface area contributed by atoms with Crippen LogP contribution in [-0.2, 0) is 4.79 Å². The summed E-state index contributed by atoms with van der Waals surface area (Å²) in [6, 6.07) is 13.9. The molecule has 25 heavy (non-hydrogen) atoms. The molecule has 4 rings (SSSR count). The maximum atomic E-state index is 12.8. The Morgan fingerprint density at radius 2 is 1.84 bits per heavy atom. The summed E-state index contributed by atoms with van der Waals surface area (Å²) in [6.07, 6.45) is -0.626. The lowest BCUT2D eigenvalue weighted by molar-refractivity contribution is -0.114. The lowest BCUT2D eigenvalue weighted by Crippen LogP contribution is -2.28. The Kier molecular flexibility index (Phi) is 3.35. The van der Waals surface area contributed by atoms with E-state index in [2.05, 4.69) is 15.6 Å². The number of aromatic nitrogens is 2. The van der Waals surface area contributed by atoms with Crippen LogP contribution in [0.4, 0.5) is 5.69 Å². The molecule has 1 aliphatic rings. The van der Waals surface area contributed by atoms with Crippen LogP contribution in [-0.4, -0.2) is 21.4 Å². The van der Waals surface area contributed by atoms with Crippen molar-refractivity contribution >= 4 is 28.4 Å². The number of benzene rings is 2. The number of rotatable bonds is 2. The van der Waals surface area contributed by atoms with E-state index in [9.17, 15) is 14.4 Å². The quantitative estimate of drug-likeness (QED) is 0.745. The third-order valence-corrected chi connectivity index (χ3v) is 4.08. The van der Waals surface area contributed by atoms with Gasteiger partial charge in [-0.2, -0.15) is 0 Å². The minimum atomic E-state index is -0.626. The Morgan fingerprint density at radius 3 is 2.56 bits per heavy atom. The molecule has 7 heteroatoms. The smallest absolute Gasteiger partial charge is 0.289 e. The van der Waals surface area contributed by atoms with E-state index >= 15 is 0 Å². The molecular weight excluding hydrogens is 320 g/mol. The van der Waals surface area contributed by atoms with Gasteiger partial charge in [0.05, 0.1) is 10.9 Å². The number of nitrogens with zero attached hydrogens (tertiary/aromatic N) is 2. The molecule has 124 valence electrons. The number of carbonyl (C=O) groups excluding carboxylic acids is 2. The number of amides is 2. The van der Waals surface area contributed by atoms with Crippen LogP contribution in [0.5, 0.6) is 0 Å². The van der Waals surface area contributed by atoms with E-state index in [1.165, 1.54) is 11.5 Å². The van der Waals surface area contributed by atoms with Crippen molar-refractivity contribution in [1.82, 2.24) is 14.9 Å². The molecule has 2 N–H and O–H groups in total. The van der Waals surface area contributed by atoms with Crippen molar-refractivity contribution in [2.45, 2.75) is 13.1 Å². The zero-order valence-corrected chi connectivity index (χ0v) is 13.3. The number of carbonyl (C=O) groups is 2. The van der Waals surface area contributed by atoms with Crippen molar-refractivity contribution in [2.24, 2.45) is 0 Å². The number of para-hydroxylation sites is 1. The fraction of sp³-hybridized carbons (Fsp3) is 0.111. The summed E-state index contributed by atoms with van der Waals surface area (Å²) < 4.78 is 1.37. The minimum Gasteiger partial charge on any atom is -0.326 e. The lowest BCUT2D eigenvalue weighted by Gasteiger charge is -2.15. The molecule has 1 aliphatic heterocycles. The molecule has 0 spiro atoms. The predicted octanol–water partition coefficient (Wildman–Crippen LogP) is 1.65. The van der Waals surface area contributed by atoms with Gasteiger partial charge in [0, 0.05) is 12.6 Å². The first kappa shape index (κ1) is 15.1. The van der Waals surface area contributed by atoms with Crippen molar-refractivity contribution in [3.05, 3.63) is 70.3 Å². The number of hydrogen-bond donors (Lipinski definition) is 2. The average Bonchev–Trinajstić information content (AvgIpc) is 2.92. The fourth-order valence-corrected chi connectivity index (χ4v) is 2.98.